The summed E-state index contributed by atoms with van der Waals surface area (Å²) >= 11 is 0. The lowest BCUT2D eigenvalue weighted by Gasteiger charge is -2.78. The Balaban J connectivity index is 0.00000177. The van der Waals surface area contributed by atoms with Crippen molar-refractivity contribution in [2.75, 3.05) is 44.9 Å². The summed E-state index contributed by atoms with van der Waals surface area (Å²) in [6.07, 6.45) is 10.7. The van der Waals surface area contributed by atoms with Crippen LogP contribution in [0.15, 0.2) is 41.5 Å². The highest BCUT2D eigenvalue weighted by molar-refractivity contribution is 8.61. The van der Waals surface area contributed by atoms with Crippen LogP contribution in [-0.2, 0) is 12.0 Å². The van der Waals surface area contributed by atoms with Crippen molar-refractivity contribution in [3.63, 3.8) is 0 Å². The molecule has 7 nitrogen and oxygen atoms in total. The molecule has 2 aromatic rings. The quantitative estimate of drug-likeness (QED) is 0.648. The van der Waals surface area contributed by atoms with Gasteiger partial charge in [0.1, 0.15) is 11.5 Å². The average Bonchev–Trinajstić information content (AvgIpc) is 2.68. The summed E-state index contributed by atoms with van der Waals surface area (Å²) in [6, 6.07) is 8.42. The lowest BCUT2D eigenvalue weighted by Crippen LogP contribution is -2.61. The van der Waals surface area contributed by atoms with Crippen LogP contribution in [-0.4, -0.2) is 71.4 Å². The van der Waals surface area contributed by atoms with Gasteiger partial charge in [-0.15, -0.1) is 0 Å². The van der Waals surface area contributed by atoms with Crippen molar-refractivity contribution in [1.82, 2.24) is 9.29 Å². The van der Waals surface area contributed by atoms with Crippen molar-refractivity contribution in [1.29, 1.82) is 0 Å². The highest BCUT2D eigenvalue weighted by Gasteiger charge is 2.55. The molecule has 1 aliphatic heterocycles. The van der Waals surface area contributed by atoms with E-state index in [1.807, 2.05) is 27.0 Å². The Morgan fingerprint density at radius 3 is 2.30 bits per heavy atom. The summed E-state index contributed by atoms with van der Waals surface area (Å²) in [7, 11) is 0.653. The number of nitrogens with two attached hydrogens (primary N) is 2. The number of pyridine rings is 1. The molecule has 0 saturated carbocycles. The monoisotopic (exact) mass is 481 g/mol. The number of aryl methyl sites for hydroxylation is 1. The van der Waals surface area contributed by atoms with Crippen molar-refractivity contribution >= 4 is 20.2 Å². The summed E-state index contributed by atoms with van der Waals surface area (Å²) < 4.78 is 17.1. The number of aliphatic imine (C=N–C) groups is 1. The first-order valence-corrected chi connectivity index (χ1v) is 14.7. The lowest BCUT2D eigenvalue weighted by molar-refractivity contribution is 0.0988. The third kappa shape index (κ3) is 5.90. The summed E-state index contributed by atoms with van der Waals surface area (Å²) in [5.41, 5.74) is 12.6. The van der Waals surface area contributed by atoms with Crippen molar-refractivity contribution in [2.45, 2.75) is 25.8 Å². The van der Waals surface area contributed by atoms with Gasteiger partial charge in [0, 0.05) is 31.0 Å². The summed E-state index contributed by atoms with van der Waals surface area (Å²) in [6.45, 7) is 3.85. The van der Waals surface area contributed by atoms with E-state index in [-0.39, 0.29) is 23.5 Å². The zero-order valence-corrected chi connectivity index (χ0v) is 21.9. The van der Waals surface area contributed by atoms with Gasteiger partial charge in [-0.2, -0.15) is 0 Å². The van der Waals surface area contributed by atoms with E-state index in [0.717, 1.165) is 11.1 Å². The second-order valence-corrected chi connectivity index (χ2v) is 20.7. The molecule has 0 saturated heterocycles. The van der Waals surface area contributed by atoms with Gasteiger partial charge >= 0.3 is 0 Å². The number of halogens is 1. The Hall–Kier alpha value is -2.49. The zero-order chi connectivity index (χ0) is 24.6. The lowest BCUT2D eigenvalue weighted by atomic mass is 9.91. The topological polar surface area (TPSA) is 129 Å². The van der Waals surface area contributed by atoms with Crippen LogP contribution in [0, 0.1) is 12.7 Å². The summed E-state index contributed by atoms with van der Waals surface area (Å²) in [5, 5.41) is 0. The summed E-state index contributed by atoms with van der Waals surface area (Å²) in [5.74, 6) is 0.621. The number of rotatable bonds is 4. The van der Waals surface area contributed by atoms with Gasteiger partial charge in [-0.3, -0.25) is 9.78 Å². The Morgan fingerprint density at radius 1 is 1.18 bits per heavy atom. The van der Waals surface area contributed by atoms with E-state index < -0.39 is 14.0 Å². The SMILES string of the molecule is CN.Cc1ccc(C(=O)Cc2ccc(F)c([C@]3(C)CS(C)(C)(C)(C)N(C)C(N)=N3)c2)nc1.O. The number of carbonyl (C=O) groups excluding carboxylic acids is 1. The first kappa shape index (κ1) is 28.5. The van der Waals surface area contributed by atoms with E-state index in [1.54, 1.807) is 24.4 Å². The molecule has 0 fully saturated rings. The molecule has 6 N–H and O–H groups in total. The normalized spacial score (nSPS) is 24.3. The highest BCUT2D eigenvalue weighted by atomic mass is 32.4. The van der Waals surface area contributed by atoms with E-state index >= 15 is 4.39 Å². The van der Waals surface area contributed by atoms with E-state index in [9.17, 15) is 4.79 Å². The molecule has 1 atom stereocenters. The third-order valence-corrected chi connectivity index (χ3v) is 10.7. The third-order valence-electron chi connectivity index (χ3n) is 6.07. The molecule has 9 heteroatoms. The highest BCUT2D eigenvalue weighted by Crippen LogP contribution is 2.83. The van der Waals surface area contributed by atoms with E-state index in [0.29, 0.717) is 23.0 Å². The van der Waals surface area contributed by atoms with Crippen molar-refractivity contribution < 1.29 is 14.7 Å². The maximum Gasteiger partial charge on any atom is 0.199 e. The number of benzene rings is 1. The number of ketones is 1. The molecular weight excluding hydrogens is 441 g/mol. The fourth-order valence-electron chi connectivity index (χ4n) is 4.28. The number of aromatic nitrogens is 1. The standard InChI is InChI=1S/C23H33FN4OS.CH5N.H2O/c1-16-8-11-20(26-14-16)21(29)13-17-9-10-19(24)18(12-17)23(2)15-30(4,5,6,7)28(3)22(25)27-23;1-2;/h8-12,14H,13,15H2,1-7H3,(H2,25,27);2H2,1H3;1H2/t23-;;/m0../s1. The number of Topliss-reactive ketones (excluding diaryl/α,β-unsaturated/α-hetero) is 1. The molecule has 0 amide bonds. The van der Waals surface area contributed by atoms with Gasteiger partial charge in [0.25, 0.3) is 0 Å². The number of hydrogen-bond donors (Lipinski definition) is 2. The second kappa shape index (κ2) is 8.70. The molecule has 0 spiro atoms. The molecule has 0 unspecified atom stereocenters. The first-order valence-electron chi connectivity index (χ1n) is 10.5. The molecule has 1 aliphatic rings. The fourth-order valence-corrected chi connectivity index (χ4v) is 8.12. The predicted octanol–water partition coefficient (Wildman–Crippen LogP) is 2.49. The predicted molar refractivity (Wildman–Crippen MR) is 140 cm³/mol. The number of guanidine groups is 1. The van der Waals surface area contributed by atoms with Gasteiger partial charge in [0.05, 0.1) is 5.54 Å². The van der Waals surface area contributed by atoms with Gasteiger partial charge < -0.3 is 21.2 Å². The molecule has 3 rings (SSSR count). The van der Waals surface area contributed by atoms with Gasteiger partial charge in [-0.05, 0) is 75.2 Å². The Labute approximate surface area is 196 Å². The van der Waals surface area contributed by atoms with E-state index in [1.165, 1.54) is 13.1 Å². The zero-order valence-electron chi connectivity index (χ0n) is 21.1. The minimum absolute atomic E-state index is 0. The van der Waals surface area contributed by atoms with Gasteiger partial charge in [-0.1, -0.05) is 12.1 Å². The molecule has 0 bridgehead atoms. The average molecular weight is 482 g/mol. The fraction of sp³-hybridized carbons (Fsp3) is 0.458. The van der Waals surface area contributed by atoms with Gasteiger partial charge in [0.2, 0.25) is 0 Å². The molecule has 1 aromatic heterocycles. The number of carbonyl (C=O) groups is 1. The molecular formula is C24H40FN5O2S. The van der Waals surface area contributed by atoms with Crippen LogP contribution >= 0.6 is 8.48 Å². The minimum atomic E-state index is -2.81. The van der Waals surface area contributed by atoms with Crippen LogP contribution in [0.2, 0.25) is 0 Å². The largest absolute Gasteiger partial charge is 0.412 e. The molecule has 2 heterocycles. The number of hydrogen-bond acceptors (Lipinski definition) is 6. The summed E-state index contributed by atoms with van der Waals surface area (Å²) in [4.78, 5) is 21.6. The molecule has 0 aliphatic carbocycles. The molecule has 0 radical (unpaired) electrons. The smallest absolute Gasteiger partial charge is 0.199 e. The molecule has 186 valence electrons. The Bertz CT molecular complexity index is 1060. The Morgan fingerprint density at radius 2 is 1.79 bits per heavy atom. The second-order valence-electron chi connectivity index (χ2n) is 11.0. The van der Waals surface area contributed by atoms with Crippen LogP contribution in [0.3, 0.4) is 0 Å². The van der Waals surface area contributed by atoms with Crippen LogP contribution in [0.1, 0.15) is 34.1 Å². The van der Waals surface area contributed by atoms with Crippen LogP contribution in [0.5, 0.6) is 0 Å². The maximum atomic E-state index is 15.0. The van der Waals surface area contributed by atoms with E-state index in [4.69, 9.17) is 10.7 Å². The minimum Gasteiger partial charge on any atom is -0.412 e. The molecule has 1 aromatic carbocycles. The maximum absolute atomic E-state index is 15.0. The van der Waals surface area contributed by atoms with E-state index in [2.05, 4.69) is 40.0 Å². The van der Waals surface area contributed by atoms with Crippen LogP contribution < -0.4 is 11.5 Å². The van der Waals surface area contributed by atoms with Crippen molar-refractivity contribution in [3.8, 4) is 0 Å². The first-order chi connectivity index (χ1) is 14.5. The van der Waals surface area contributed by atoms with Crippen LogP contribution in [0.4, 0.5) is 4.39 Å². The number of nitrogens with zero attached hydrogens (tertiary/aromatic N) is 3. The van der Waals surface area contributed by atoms with Gasteiger partial charge in [-0.25, -0.2) is 17.9 Å². The van der Waals surface area contributed by atoms with Gasteiger partial charge in [0.15, 0.2) is 11.7 Å². The Kier molecular flexibility index (Phi) is 7.52. The van der Waals surface area contributed by atoms with Crippen molar-refractivity contribution in [3.05, 3.63) is 64.7 Å². The van der Waals surface area contributed by atoms with Crippen LogP contribution in [0.25, 0.3) is 0 Å². The molecule has 33 heavy (non-hydrogen) atoms. The van der Waals surface area contributed by atoms with Crippen molar-refractivity contribution in [2.24, 2.45) is 16.5 Å².